The molecule has 0 aromatic carbocycles. The number of hydrogen-bond acceptors (Lipinski definition) is 2. The summed E-state index contributed by atoms with van der Waals surface area (Å²) in [5, 5.41) is 24.9. The first-order valence-corrected chi connectivity index (χ1v) is 14.3. The van der Waals surface area contributed by atoms with Gasteiger partial charge in [0, 0.05) is 57.0 Å². The minimum atomic E-state index is -0.854. The topological polar surface area (TPSA) is 138 Å². The van der Waals surface area contributed by atoms with E-state index in [2.05, 4.69) is 64.2 Å². The van der Waals surface area contributed by atoms with Crippen molar-refractivity contribution < 1.29 is 19.8 Å². The van der Waals surface area contributed by atoms with Gasteiger partial charge in [-0.05, 0) is 123 Å². The molecule has 42 heavy (non-hydrogen) atoms. The van der Waals surface area contributed by atoms with Gasteiger partial charge in [0.05, 0.1) is 0 Å². The molecule has 0 unspecified atom stereocenters. The summed E-state index contributed by atoms with van der Waals surface area (Å²) < 4.78 is 0. The molecule has 0 saturated carbocycles. The molecule has 0 aliphatic carbocycles. The molecule has 0 spiro atoms. The molecule has 1 aliphatic heterocycles. The summed E-state index contributed by atoms with van der Waals surface area (Å²) >= 11 is 0. The Bertz CT molecular complexity index is 2110. The van der Waals surface area contributed by atoms with Crippen molar-refractivity contribution in [3.05, 3.63) is 88.0 Å². The third-order valence-electron chi connectivity index (χ3n) is 8.55. The number of aromatic amines is 4. The standard InChI is InChI=1S/C34H38N4O4/c1-7-21-17(3)25-13-26-19(5)23(9-11-33(39)40)31(37-26)16-32-24(10-12-34(41)42)20(6)28(38-32)15-30-22(8-2)18(4)27(36-30)14-29(21)35-25/h7-8,13-16,35-38H,9-12H2,1-6H3,(H,39,40)(H,41,42)/b21-7?,22-8+,26-13?,29-14?,30-15?,31-16?. The Kier molecular flexibility index (Phi) is 7.73. The van der Waals surface area contributed by atoms with E-state index in [1.165, 1.54) is 0 Å². The first-order chi connectivity index (χ1) is 20.0. The van der Waals surface area contributed by atoms with Crippen molar-refractivity contribution in [1.82, 2.24) is 19.9 Å². The maximum absolute atomic E-state index is 11.5. The van der Waals surface area contributed by atoms with Crippen molar-refractivity contribution in [2.45, 2.75) is 67.2 Å². The van der Waals surface area contributed by atoms with Crippen molar-refractivity contribution in [1.29, 1.82) is 0 Å². The van der Waals surface area contributed by atoms with Gasteiger partial charge in [0.25, 0.3) is 0 Å². The number of H-pyrrole nitrogens is 4. The molecule has 0 fully saturated rings. The molecule has 4 aromatic rings. The van der Waals surface area contributed by atoms with Crippen LogP contribution in [0.25, 0.3) is 36.5 Å². The van der Waals surface area contributed by atoms with Gasteiger partial charge in [0.1, 0.15) is 0 Å². The Morgan fingerprint density at radius 2 is 1.02 bits per heavy atom. The second kappa shape index (κ2) is 11.3. The smallest absolute Gasteiger partial charge is 0.303 e. The highest BCUT2D eigenvalue weighted by molar-refractivity contribution is 5.69. The quantitative estimate of drug-likeness (QED) is 0.186. The van der Waals surface area contributed by atoms with Crippen LogP contribution in [0.3, 0.4) is 0 Å². The minimum Gasteiger partial charge on any atom is -0.481 e. The number of fused-ring (bicyclic) bond motifs is 8. The maximum Gasteiger partial charge on any atom is 0.303 e. The van der Waals surface area contributed by atoms with Crippen LogP contribution in [0.15, 0.2) is 0 Å². The third kappa shape index (κ3) is 5.20. The van der Waals surface area contributed by atoms with Gasteiger partial charge in [-0.1, -0.05) is 12.2 Å². The molecule has 8 heteroatoms. The highest BCUT2D eigenvalue weighted by Gasteiger charge is 2.16. The van der Waals surface area contributed by atoms with E-state index in [0.717, 1.165) is 88.0 Å². The summed E-state index contributed by atoms with van der Waals surface area (Å²) in [4.78, 5) is 37.4. The first kappa shape index (κ1) is 28.8. The van der Waals surface area contributed by atoms with E-state index in [1.807, 2.05) is 33.8 Å². The lowest BCUT2D eigenvalue weighted by molar-refractivity contribution is -0.138. The zero-order valence-corrected chi connectivity index (χ0v) is 25.0. The second-order valence-corrected chi connectivity index (χ2v) is 11.0. The molecule has 8 bridgehead atoms. The average molecular weight is 567 g/mol. The zero-order valence-electron chi connectivity index (χ0n) is 25.0. The number of rotatable bonds is 6. The van der Waals surface area contributed by atoms with Gasteiger partial charge in [-0.15, -0.1) is 0 Å². The summed E-state index contributed by atoms with van der Waals surface area (Å²) in [6, 6.07) is 0. The number of carboxylic acid groups (broad SMARTS) is 2. The fourth-order valence-corrected chi connectivity index (χ4v) is 6.15. The van der Waals surface area contributed by atoms with Gasteiger partial charge in [0.2, 0.25) is 0 Å². The van der Waals surface area contributed by atoms with Crippen LogP contribution in [-0.4, -0.2) is 42.1 Å². The third-order valence-corrected chi connectivity index (χ3v) is 8.55. The van der Waals surface area contributed by atoms with Gasteiger partial charge < -0.3 is 30.1 Å². The lowest BCUT2D eigenvalue weighted by Gasteiger charge is -2.01. The molecule has 5 rings (SSSR count). The Labute approximate surface area is 243 Å². The molecule has 0 saturated heterocycles. The van der Waals surface area contributed by atoms with Crippen LogP contribution in [0.4, 0.5) is 0 Å². The van der Waals surface area contributed by atoms with Crippen LogP contribution in [0.2, 0.25) is 0 Å². The summed E-state index contributed by atoms with van der Waals surface area (Å²) in [5.74, 6) is -1.71. The number of aromatic nitrogens is 4. The Balaban J connectivity index is 1.94. The molecular weight excluding hydrogens is 528 g/mol. The number of carboxylic acids is 2. The fourth-order valence-electron chi connectivity index (χ4n) is 6.15. The van der Waals surface area contributed by atoms with E-state index in [4.69, 9.17) is 0 Å². The Hall–Kier alpha value is -4.72. The normalized spacial score (nSPS) is 13.4. The van der Waals surface area contributed by atoms with Crippen molar-refractivity contribution in [3.8, 4) is 0 Å². The highest BCUT2D eigenvalue weighted by atomic mass is 16.4. The van der Waals surface area contributed by atoms with Gasteiger partial charge in [-0.3, -0.25) is 9.59 Å². The molecule has 5 heterocycles. The van der Waals surface area contributed by atoms with Gasteiger partial charge in [0.15, 0.2) is 0 Å². The summed E-state index contributed by atoms with van der Waals surface area (Å²) in [6.07, 6.45) is 13.3. The van der Waals surface area contributed by atoms with E-state index in [1.54, 1.807) is 0 Å². The summed E-state index contributed by atoms with van der Waals surface area (Å²) in [7, 11) is 0. The van der Waals surface area contributed by atoms with Crippen molar-refractivity contribution >= 4 is 48.4 Å². The number of nitrogens with one attached hydrogen (secondary N) is 4. The van der Waals surface area contributed by atoms with Crippen LogP contribution in [0.1, 0.15) is 82.8 Å². The van der Waals surface area contributed by atoms with Gasteiger partial charge in [-0.25, -0.2) is 0 Å². The predicted octanol–water partition coefficient (Wildman–Crippen LogP) is 1.50. The van der Waals surface area contributed by atoms with E-state index < -0.39 is 11.9 Å². The summed E-state index contributed by atoms with van der Waals surface area (Å²) in [6.45, 7) is 12.3. The van der Waals surface area contributed by atoms with Crippen molar-refractivity contribution in [2.75, 3.05) is 0 Å². The molecule has 6 N–H and O–H groups in total. The van der Waals surface area contributed by atoms with E-state index in [9.17, 15) is 19.8 Å². The Morgan fingerprint density at radius 1 is 0.571 bits per heavy atom. The molecular formula is C34H38N4O4. The van der Waals surface area contributed by atoms with Crippen LogP contribution in [0, 0.1) is 27.7 Å². The number of hydrogen-bond donors (Lipinski definition) is 6. The number of aliphatic carboxylic acids is 2. The van der Waals surface area contributed by atoms with Crippen LogP contribution in [-0.2, 0) is 22.4 Å². The lowest BCUT2D eigenvalue weighted by atomic mass is 10.0. The van der Waals surface area contributed by atoms with Crippen molar-refractivity contribution in [3.63, 3.8) is 0 Å². The first-order valence-electron chi connectivity index (χ1n) is 14.3. The molecule has 0 radical (unpaired) electrons. The molecule has 218 valence electrons. The van der Waals surface area contributed by atoms with Gasteiger partial charge >= 0.3 is 11.9 Å². The molecule has 0 amide bonds. The zero-order chi connectivity index (χ0) is 30.3. The molecule has 0 atom stereocenters. The average Bonchev–Trinajstić information content (AvgIpc) is 3.59. The second-order valence-electron chi connectivity index (χ2n) is 11.0. The van der Waals surface area contributed by atoms with Crippen LogP contribution < -0.4 is 31.8 Å². The van der Waals surface area contributed by atoms with E-state index in [0.29, 0.717) is 12.8 Å². The lowest BCUT2D eigenvalue weighted by Crippen LogP contribution is -2.24. The molecule has 8 nitrogen and oxygen atoms in total. The predicted molar refractivity (Wildman–Crippen MR) is 166 cm³/mol. The minimum absolute atomic E-state index is 0.00727. The highest BCUT2D eigenvalue weighted by Crippen LogP contribution is 2.22. The van der Waals surface area contributed by atoms with Crippen molar-refractivity contribution in [2.24, 2.45) is 0 Å². The Morgan fingerprint density at radius 3 is 1.52 bits per heavy atom. The summed E-state index contributed by atoms with van der Waals surface area (Å²) in [5.41, 5.74) is 9.79. The number of carbonyl (C=O) groups is 2. The monoisotopic (exact) mass is 566 g/mol. The van der Waals surface area contributed by atoms with Crippen LogP contribution in [0.5, 0.6) is 0 Å². The largest absolute Gasteiger partial charge is 0.481 e. The fraction of sp³-hybridized carbons (Fsp3) is 0.294. The van der Waals surface area contributed by atoms with Crippen LogP contribution >= 0.6 is 0 Å². The van der Waals surface area contributed by atoms with E-state index in [-0.39, 0.29) is 12.8 Å². The van der Waals surface area contributed by atoms with E-state index >= 15 is 0 Å². The van der Waals surface area contributed by atoms with Gasteiger partial charge in [-0.2, -0.15) is 0 Å². The molecule has 4 aromatic heterocycles. The molecule has 1 aliphatic rings. The maximum atomic E-state index is 11.5. The SMILES string of the molecule is CC=c1c(C)c2[nH]c1=Cc1[nH]c(/c(=C/C)c1C)=Cc1[nH]c(c(CCC(=O)O)c1C)C=c1[nH]c(c(C)c1CCC(=O)O)=C2.